The van der Waals surface area contributed by atoms with Gasteiger partial charge in [-0.1, -0.05) is 17.7 Å². The molecule has 0 fully saturated rings. The van der Waals surface area contributed by atoms with Crippen molar-refractivity contribution in [1.29, 1.82) is 0 Å². The summed E-state index contributed by atoms with van der Waals surface area (Å²) in [6, 6.07) is 9.85. The van der Waals surface area contributed by atoms with Crippen molar-refractivity contribution in [1.82, 2.24) is 4.57 Å². The van der Waals surface area contributed by atoms with Crippen molar-refractivity contribution in [2.75, 3.05) is 6.61 Å². The smallest absolute Gasteiger partial charge is 0.330 e. The summed E-state index contributed by atoms with van der Waals surface area (Å²) >= 11 is 5.72. The van der Waals surface area contributed by atoms with Gasteiger partial charge in [-0.15, -0.1) is 0 Å². The number of hydrogen-bond acceptors (Lipinski definition) is 3. The van der Waals surface area contributed by atoms with Crippen LogP contribution in [-0.4, -0.2) is 17.1 Å². The maximum Gasteiger partial charge on any atom is 0.330 e. The van der Waals surface area contributed by atoms with E-state index in [-0.39, 0.29) is 5.02 Å². The molecule has 4 nitrogen and oxygen atoms in total. The molecular weight excluding hydrogens is 357 g/mol. The fraction of sp³-hybridized carbons (Fsp3) is 0.150. The van der Waals surface area contributed by atoms with Crippen LogP contribution in [0.1, 0.15) is 12.5 Å². The molecular formula is C20H17ClFNO3. The first-order valence-corrected chi connectivity index (χ1v) is 8.43. The van der Waals surface area contributed by atoms with Crippen molar-refractivity contribution in [2.45, 2.75) is 6.92 Å². The summed E-state index contributed by atoms with van der Waals surface area (Å²) in [7, 11) is 1.90. The molecule has 0 bridgehead atoms. The lowest BCUT2D eigenvalue weighted by Gasteiger charge is -2.09. The molecule has 0 saturated carbocycles. The minimum absolute atomic E-state index is 0.0355. The van der Waals surface area contributed by atoms with Crippen LogP contribution in [0.5, 0.6) is 11.5 Å². The number of ether oxygens (including phenoxy) is 2. The van der Waals surface area contributed by atoms with Crippen molar-refractivity contribution in [3.63, 3.8) is 0 Å². The number of halogens is 2. The number of hydrogen-bond donors (Lipinski definition) is 0. The Balaban J connectivity index is 2.02. The molecule has 0 aliphatic heterocycles. The van der Waals surface area contributed by atoms with Gasteiger partial charge in [0.25, 0.3) is 0 Å². The zero-order valence-electron chi connectivity index (χ0n) is 14.3. The molecule has 1 aromatic heterocycles. The van der Waals surface area contributed by atoms with Gasteiger partial charge < -0.3 is 14.0 Å². The molecule has 26 heavy (non-hydrogen) atoms. The highest BCUT2D eigenvalue weighted by atomic mass is 35.5. The van der Waals surface area contributed by atoms with Crippen LogP contribution >= 0.6 is 11.6 Å². The highest BCUT2D eigenvalue weighted by molar-refractivity contribution is 6.30. The number of esters is 1. The minimum atomic E-state index is -0.549. The molecule has 0 unspecified atom stereocenters. The van der Waals surface area contributed by atoms with Crippen molar-refractivity contribution in [2.24, 2.45) is 7.05 Å². The third-order valence-electron chi connectivity index (χ3n) is 3.81. The number of nitrogens with zero attached hydrogens (tertiary/aromatic N) is 1. The maximum absolute atomic E-state index is 13.7. The quantitative estimate of drug-likeness (QED) is 0.447. The standard InChI is InChI=1S/C20H17ClFNO3/c1-3-25-19(24)10-7-13-12-23(2)17-5-4-6-18(20(13)17)26-14-8-9-15(21)16(22)11-14/h4-12H,3H2,1-2H3. The van der Waals surface area contributed by atoms with Gasteiger partial charge in [0.15, 0.2) is 0 Å². The van der Waals surface area contributed by atoms with Gasteiger partial charge in [-0.2, -0.15) is 0 Å². The molecule has 0 N–H and O–H groups in total. The Hall–Kier alpha value is -2.79. The number of aryl methyl sites for hydroxylation is 1. The van der Waals surface area contributed by atoms with Crippen molar-refractivity contribution >= 4 is 34.5 Å². The number of aromatic nitrogens is 1. The summed E-state index contributed by atoms with van der Waals surface area (Å²) in [5.41, 5.74) is 1.71. The average molecular weight is 374 g/mol. The first kappa shape index (κ1) is 18.0. The zero-order chi connectivity index (χ0) is 18.7. The molecule has 0 aliphatic carbocycles. The third-order valence-corrected chi connectivity index (χ3v) is 4.12. The van der Waals surface area contributed by atoms with Crippen LogP contribution in [0.15, 0.2) is 48.7 Å². The van der Waals surface area contributed by atoms with Crippen LogP contribution in [0.4, 0.5) is 4.39 Å². The van der Waals surface area contributed by atoms with Gasteiger partial charge in [-0.05, 0) is 37.3 Å². The second kappa shape index (κ2) is 7.62. The number of carbonyl (C=O) groups is 1. The van der Waals surface area contributed by atoms with E-state index in [1.807, 2.05) is 29.9 Å². The molecule has 0 radical (unpaired) electrons. The lowest BCUT2D eigenvalue weighted by molar-refractivity contribution is -0.137. The normalized spacial score (nSPS) is 11.2. The lowest BCUT2D eigenvalue weighted by Crippen LogP contribution is -1.98. The second-order valence-electron chi connectivity index (χ2n) is 5.61. The largest absolute Gasteiger partial charge is 0.463 e. The number of fused-ring (bicyclic) bond motifs is 1. The van der Waals surface area contributed by atoms with Gasteiger partial charge in [-0.25, -0.2) is 9.18 Å². The number of benzene rings is 2. The van der Waals surface area contributed by atoms with Crippen LogP contribution in [0, 0.1) is 5.82 Å². The van der Waals surface area contributed by atoms with E-state index >= 15 is 0 Å². The fourth-order valence-corrected chi connectivity index (χ4v) is 2.79. The van der Waals surface area contributed by atoms with Gasteiger partial charge >= 0.3 is 5.97 Å². The first-order valence-electron chi connectivity index (χ1n) is 8.05. The molecule has 0 aliphatic rings. The monoisotopic (exact) mass is 373 g/mol. The molecule has 6 heteroatoms. The van der Waals surface area contributed by atoms with Crippen LogP contribution in [0.3, 0.4) is 0 Å². The molecule has 0 amide bonds. The predicted molar refractivity (Wildman–Crippen MR) is 100 cm³/mol. The summed E-state index contributed by atoms with van der Waals surface area (Å²) < 4.78 is 26.4. The molecule has 3 rings (SSSR count). The first-order chi connectivity index (χ1) is 12.5. The van der Waals surface area contributed by atoms with E-state index in [9.17, 15) is 9.18 Å². The van der Waals surface area contributed by atoms with E-state index in [4.69, 9.17) is 21.1 Å². The Morgan fingerprint density at radius 1 is 1.31 bits per heavy atom. The molecule has 2 aromatic carbocycles. The number of rotatable bonds is 5. The van der Waals surface area contributed by atoms with E-state index < -0.39 is 11.8 Å². The van der Waals surface area contributed by atoms with Gasteiger partial charge in [0, 0.05) is 36.3 Å². The summed E-state index contributed by atoms with van der Waals surface area (Å²) in [5.74, 6) is -0.0774. The third kappa shape index (κ3) is 3.73. The van der Waals surface area contributed by atoms with Crippen LogP contribution in [0.25, 0.3) is 17.0 Å². The molecule has 0 spiro atoms. The summed E-state index contributed by atoms with van der Waals surface area (Å²) in [5, 5.41) is 0.847. The Morgan fingerprint density at radius 2 is 2.12 bits per heavy atom. The highest BCUT2D eigenvalue weighted by Gasteiger charge is 2.12. The zero-order valence-corrected chi connectivity index (χ0v) is 15.1. The van der Waals surface area contributed by atoms with Gasteiger partial charge in [-0.3, -0.25) is 0 Å². The van der Waals surface area contributed by atoms with E-state index in [0.717, 1.165) is 16.5 Å². The summed E-state index contributed by atoms with van der Waals surface area (Å²) in [4.78, 5) is 11.6. The maximum atomic E-state index is 13.7. The SMILES string of the molecule is CCOC(=O)C=Cc1cn(C)c2cccc(Oc3ccc(Cl)c(F)c3)c12. The lowest BCUT2D eigenvalue weighted by atomic mass is 10.1. The molecule has 3 aromatic rings. The Kier molecular flexibility index (Phi) is 5.28. The van der Waals surface area contributed by atoms with Gasteiger partial charge in [0.05, 0.1) is 17.1 Å². The van der Waals surface area contributed by atoms with E-state index in [0.29, 0.717) is 18.1 Å². The Labute approximate surface area is 155 Å². The van der Waals surface area contributed by atoms with Crippen molar-refractivity contribution in [3.8, 4) is 11.5 Å². The molecule has 0 saturated heterocycles. The minimum Gasteiger partial charge on any atom is -0.463 e. The van der Waals surface area contributed by atoms with Crippen LogP contribution < -0.4 is 4.74 Å². The van der Waals surface area contributed by atoms with E-state index in [1.54, 1.807) is 25.1 Å². The number of carbonyl (C=O) groups excluding carboxylic acids is 1. The summed E-state index contributed by atoms with van der Waals surface area (Å²) in [6.07, 6.45) is 4.93. The fourth-order valence-electron chi connectivity index (χ4n) is 2.67. The van der Waals surface area contributed by atoms with Crippen LogP contribution in [0.2, 0.25) is 5.02 Å². The van der Waals surface area contributed by atoms with Gasteiger partial charge in [0.2, 0.25) is 0 Å². The topological polar surface area (TPSA) is 40.5 Å². The molecule has 134 valence electrons. The Bertz CT molecular complexity index is 994. The summed E-state index contributed by atoms with van der Waals surface area (Å²) in [6.45, 7) is 2.07. The molecule has 1 heterocycles. The van der Waals surface area contributed by atoms with Crippen LogP contribution in [-0.2, 0) is 16.6 Å². The van der Waals surface area contributed by atoms with E-state index in [2.05, 4.69) is 0 Å². The second-order valence-corrected chi connectivity index (χ2v) is 6.02. The Morgan fingerprint density at radius 3 is 2.85 bits per heavy atom. The predicted octanol–water partition coefficient (Wildman–Crippen LogP) is 5.34. The highest BCUT2D eigenvalue weighted by Crippen LogP contribution is 2.35. The molecule has 0 atom stereocenters. The van der Waals surface area contributed by atoms with Crippen molar-refractivity contribution in [3.05, 3.63) is 65.1 Å². The average Bonchev–Trinajstić information content (AvgIpc) is 2.94. The van der Waals surface area contributed by atoms with E-state index in [1.165, 1.54) is 18.2 Å². The van der Waals surface area contributed by atoms with Gasteiger partial charge in [0.1, 0.15) is 17.3 Å². The van der Waals surface area contributed by atoms with Crippen molar-refractivity contribution < 1.29 is 18.7 Å².